The summed E-state index contributed by atoms with van der Waals surface area (Å²) in [4.78, 5) is 14.6. The van der Waals surface area contributed by atoms with Crippen molar-refractivity contribution in [1.82, 2.24) is 15.1 Å². The molecule has 5 nitrogen and oxygen atoms in total. The van der Waals surface area contributed by atoms with E-state index in [0.717, 1.165) is 30.9 Å². The van der Waals surface area contributed by atoms with Gasteiger partial charge in [0.05, 0.1) is 0 Å². The van der Waals surface area contributed by atoms with Gasteiger partial charge in [-0.3, -0.25) is 4.79 Å². The van der Waals surface area contributed by atoms with Gasteiger partial charge in [-0.25, -0.2) is 0 Å². The van der Waals surface area contributed by atoms with E-state index in [2.05, 4.69) is 33.9 Å². The lowest BCUT2D eigenvalue weighted by Crippen LogP contribution is -2.32. The van der Waals surface area contributed by atoms with Gasteiger partial charge in [-0.2, -0.15) is 11.3 Å². The van der Waals surface area contributed by atoms with Crippen LogP contribution in [0.5, 0.6) is 0 Å². The van der Waals surface area contributed by atoms with Crippen LogP contribution in [0.25, 0.3) is 0 Å². The number of rotatable bonds is 7. The van der Waals surface area contributed by atoms with Crippen LogP contribution in [-0.2, 0) is 6.54 Å². The minimum Gasteiger partial charge on any atom is -0.360 e. The van der Waals surface area contributed by atoms with Gasteiger partial charge in [-0.15, -0.1) is 10.2 Å². The molecule has 7 heteroatoms. The van der Waals surface area contributed by atoms with E-state index in [4.69, 9.17) is 0 Å². The van der Waals surface area contributed by atoms with Gasteiger partial charge in [0, 0.05) is 19.1 Å². The summed E-state index contributed by atoms with van der Waals surface area (Å²) in [5.41, 5.74) is 1.19. The molecule has 2 heterocycles. The molecule has 1 fully saturated rings. The monoisotopic (exact) mass is 322 g/mol. The Kier molecular flexibility index (Phi) is 4.50. The second kappa shape index (κ2) is 6.53. The average molecular weight is 322 g/mol. The number of amides is 1. The Bertz CT molecular complexity index is 592. The van der Waals surface area contributed by atoms with Crippen LogP contribution < -0.4 is 5.32 Å². The van der Waals surface area contributed by atoms with Gasteiger partial charge < -0.3 is 10.2 Å². The number of aromatic nitrogens is 2. The first-order valence-electron chi connectivity index (χ1n) is 7.17. The molecule has 21 heavy (non-hydrogen) atoms. The topological polar surface area (TPSA) is 58.1 Å². The quantitative estimate of drug-likeness (QED) is 0.850. The number of anilines is 1. The van der Waals surface area contributed by atoms with Crippen molar-refractivity contribution in [3.8, 4) is 0 Å². The first kappa shape index (κ1) is 14.5. The third-order valence-corrected chi connectivity index (χ3v) is 4.92. The van der Waals surface area contributed by atoms with Crippen molar-refractivity contribution >= 4 is 33.7 Å². The zero-order valence-corrected chi connectivity index (χ0v) is 13.5. The lowest BCUT2D eigenvalue weighted by molar-refractivity contribution is 0.0729. The molecule has 1 amide bonds. The highest BCUT2D eigenvalue weighted by Crippen LogP contribution is 2.31. The number of hydrogen-bond acceptors (Lipinski definition) is 6. The summed E-state index contributed by atoms with van der Waals surface area (Å²) in [5, 5.41) is 16.6. The second-order valence-electron chi connectivity index (χ2n) is 5.13. The van der Waals surface area contributed by atoms with E-state index in [1.807, 2.05) is 10.3 Å². The summed E-state index contributed by atoms with van der Waals surface area (Å²) in [5.74, 6) is 0.00532. The van der Waals surface area contributed by atoms with Crippen LogP contribution in [0.4, 0.5) is 5.13 Å². The van der Waals surface area contributed by atoms with E-state index in [1.165, 1.54) is 16.9 Å². The van der Waals surface area contributed by atoms with Crippen molar-refractivity contribution in [1.29, 1.82) is 0 Å². The summed E-state index contributed by atoms with van der Waals surface area (Å²) in [6.07, 6.45) is 3.21. The molecule has 0 aromatic carbocycles. The maximum atomic E-state index is 12.6. The Balaban J connectivity index is 1.70. The first-order chi connectivity index (χ1) is 10.3. The number of nitrogens with zero attached hydrogens (tertiary/aromatic N) is 3. The number of carbonyl (C=O) groups excluding carboxylic acids is 1. The maximum Gasteiger partial charge on any atom is 0.285 e. The molecular weight excluding hydrogens is 304 g/mol. The normalized spacial score (nSPS) is 14.1. The number of hydrogen-bond donors (Lipinski definition) is 1. The van der Waals surface area contributed by atoms with Gasteiger partial charge in [-0.05, 0) is 41.7 Å². The molecule has 0 atom stereocenters. The molecule has 3 rings (SSSR count). The summed E-state index contributed by atoms with van der Waals surface area (Å²) in [6, 6.07) is 2.44. The Morgan fingerprint density at radius 3 is 3.00 bits per heavy atom. The van der Waals surface area contributed by atoms with Crippen molar-refractivity contribution in [2.24, 2.45) is 0 Å². The molecule has 0 bridgehead atoms. The number of thiophene rings is 1. The standard InChI is InChI=1S/C14H18N4OS2/c1-2-6-15-14-17-16-12(21-14)13(19)18(11-3-4-11)8-10-5-7-20-9-10/h5,7,9,11H,2-4,6,8H2,1H3,(H,15,17). The Morgan fingerprint density at radius 2 is 2.33 bits per heavy atom. The largest absolute Gasteiger partial charge is 0.360 e. The van der Waals surface area contributed by atoms with Gasteiger partial charge in [0.1, 0.15) is 0 Å². The lowest BCUT2D eigenvalue weighted by Gasteiger charge is -2.20. The molecule has 1 aliphatic rings. The molecule has 112 valence electrons. The predicted octanol–water partition coefficient (Wildman–Crippen LogP) is 3.23. The van der Waals surface area contributed by atoms with E-state index in [1.54, 1.807) is 11.3 Å². The predicted molar refractivity (Wildman–Crippen MR) is 85.9 cm³/mol. The van der Waals surface area contributed by atoms with Crippen molar-refractivity contribution in [3.63, 3.8) is 0 Å². The zero-order chi connectivity index (χ0) is 14.7. The molecule has 1 saturated carbocycles. The fourth-order valence-corrected chi connectivity index (χ4v) is 3.45. The van der Waals surface area contributed by atoms with E-state index < -0.39 is 0 Å². The number of nitrogens with one attached hydrogen (secondary N) is 1. The van der Waals surface area contributed by atoms with Crippen LogP contribution in [0.3, 0.4) is 0 Å². The van der Waals surface area contributed by atoms with Gasteiger partial charge in [0.25, 0.3) is 5.91 Å². The average Bonchev–Trinajstić information content (AvgIpc) is 3.02. The van der Waals surface area contributed by atoms with Crippen LogP contribution >= 0.6 is 22.7 Å². The molecule has 0 unspecified atom stereocenters. The lowest BCUT2D eigenvalue weighted by atomic mass is 10.3. The van der Waals surface area contributed by atoms with Crippen LogP contribution in [0.1, 0.15) is 41.6 Å². The molecule has 0 spiro atoms. The summed E-state index contributed by atoms with van der Waals surface area (Å²) in [7, 11) is 0. The van der Waals surface area contributed by atoms with Crippen molar-refractivity contribution < 1.29 is 4.79 Å². The molecule has 0 aliphatic heterocycles. The summed E-state index contributed by atoms with van der Waals surface area (Å²) >= 11 is 3.01. The Morgan fingerprint density at radius 1 is 1.48 bits per heavy atom. The minimum absolute atomic E-state index is 0.00532. The third kappa shape index (κ3) is 3.59. The molecule has 2 aromatic rings. The van der Waals surface area contributed by atoms with Crippen LogP contribution in [-0.4, -0.2) is 33.6 Å². The molecule has 0 saturated heterocycles. The minimum atomic E-state index is 0.00532. The van der Waals surface area contributed by atoms with Gasteiger partial charge in [-0.1, -0.05) is 18.3 Å². The van der Waals surface area contributed by atoms with Gasteiger partial charge in [0.2, 0.25) is 10.1 Å². The highest BCUT2D eigenvalue weighted by molar-refractivity contribution is 7.17. The van der Waals surface area contributed by atoms with Crippen LogP contribution in [0.15, 0.2) is 16.8 Å². The van der Waals surface area contributed by atoms with Crippen LogP contribution in [0, 0.1) is 0 Å². The second-order valence-corrected chi connectivity index (χ2v) is 6.89. The highest BCUT2D eigenvalue weighted by atomic mass is 32.1. The first-order valence-corrected chi connectivity index (χ1v) is 8.93. The number of carbonyl (C=O) groups is 1. The highest BCUT2D eigenvalue weighted by Gasteiger charge is 2.34. The third-order valence-electron chi connectivity index (χ3n) is 3.32. The molecule has 0 radical (unpaired) electrons. The SMILES string of the molecule is CCCNc1nnc(C(=O)N(Cc2ccsc2)C2CC2)s1. The fourth-order valence-electron chi connectivity index (χ4n) is 2.07. The van der Waals surface area contributed by atoms with E-state index >= 15 is 0 Å². The van der Waals surface area contributed by atoms with E-state index in [-0.39, 0.29) is 5.91 Å². The molecular formula is C14H18N4OS2. The van der Waals surface area contributed by atoms with E-state index in [9.17, 15) is 4.79 Å². The van der Waals surface area contributed by atoms with Crippen molar-refractivity contribution in [2.45, 2.75) is 38.8 Å². The van der Waals surface area contributed by atoms with Crippen molar-refractivity contribution in [2.75, 3.05) is 11.9 Å². The Hall–Kier alpha value is -1.47. The summed E-state index contributed by atoms with van der Waals surface area (Å²) in [6.45, 7) is 3.62. The van der Waals surface area contributed by atoms with Crippen LogP contribution in [0.2, 0.25) is 0 Å². The maximum absolute atomic E-state index is 12.6. The van der Waals surface area contributed by atoms with Gasteiger partial charge >= 0.3 is 0 Å². The zero-order valence-electron chi connectivity index (χ0n) is 11.9. The summed E-state index contributed by atoms with van der Waals surface area (Å²) < 4.78 is 0. The smallest absolute Gasteiger partial charge is 0.285 e. The molecule has 1 N–H and O–H groups in total. The van der Waals surface area contributed by atoms with E-state index in [0.29, 0.717) is 17.6 Å². The molecule has 1 aliphatic carbocycles. The fraction of sp³-hybridized carbons (Fsp3) is 0.500. The van der Waals surface area contributed by atoms with Gasteiger partial charge in [0.15, 0.2) is 0 Å². The van der Waals surface area contributed by atoms with Crippen molar-refractivity contribution in [3.05, 3.63) is 27.4 Å². The Labute approximate surface area is 132 Å². The molecule has 2 aromatic heterocycles.